The van der Waals surface area contributed by atoms with Gasteiger partial charge in [0.05, 0.1) is 19.8 Å². The van der Waals surface area contributed by atoms with Crippen LogP contribution in [0.5, 0.6) is 0 Å². The second-order valence-corrected chi connectivity index (χ2v) is 6.76. The van der Waals surface area contributed by atoms with Crippen molar-refractivity contribution in [3.05, 3.63) is 0 Å². The molecule has 0 radical (unpaired) electrons. The molecular formula is C15H31NO4S. The van der Waals surface area contributed by atoms with Crippen LogP contribution < -0.4 is 5.32 Å². The highest BCUT2D eigenvalue weighted by Crippen LogP contribution is 2.11. The minimum atomic E-state index is -1.30. The molecule has 0 saturated carbocycles. The molecule has 0 saturated heterocycles. The van der Waals surface area contributed by atoms with Crippen LogP contribution in [-0.2, 0) is 4.79 Å². The third-order valence-electron chi connectivity index (χ3n) is 3.46. The van der Waals surface area contributed by atoms with Gasteiger partial charge in [-0.05, 0) is 24.3 Å². The van der Waals surface area contributed by atoms with Gasteiger partial charge in [-0.25, -0.2) is 0 Å². The Labute approximate surface area is 132 Å². The van der Waals surface area contributed by atoms with E-state index < -0.39 is 25.4 Å². The molecule has 21 heavy (non-hydrogen) atoms. The van der Waals surface area contributed by atoms with Crippen LogP contribution in [0.3, 0.4) is 0 Å². The maximum atomic E-state index is 11.7. The number of thioether (sulfide) groups is 1. The Morgan fingerprint density at radius 1 is 0.952 bits per heavy atom. The standard InChI is InChI=1S/C15H31NO4S/c1-2-21-10-8-6-4-3-5-7-9-14(20)16-15(11-17,12-18)13-19/h17-19H,2-13H2,1H3,(H,16,20). The van der Waals surface area contributed by atoms with Crippen LogP contribution in [0.2, 0.25) is 0 Å². The van der Waals surface area contributed by atoms with Crippen molar-refractivity contribution in [3.8, 4) is 0 Å². The average Bonchev–Trinajstić information content (AvgIpc) is 2.51. The van der Waals surface area contributed by atoms with Crippen LogP contribution in [0.15, 0.2) is 0 Å². The number of amides is 1. The van der Waals surface area contributed by atoms with Gasteiger partial charge in [-0.1, -0.05) is 32.6 Å². The predicted molar refractivity (Wildman–Crippen MR) is 87.4 cm³/mol. The zero-order valence-corrected chi connectivity index (χ0v) is 14.0. The summed E-state index contributed by atoms with van der Waals surface area (Å²) in [5.74, 6) is 2.20. The zero-order valence-electron chi connectivity index (χ0n) is 13.1. The van der Waals surface area contributed by atoms with Gasteiger partial charge in [0.2, 0.25) is 5.91 Å². The first-order chi connectivity index (χ1) is 10.1. The molecule has 0 atom stereocenters. The van der Waals surface area contributed by atoms with E-state index in [9.17, 15) is 4.79 Å². The van der Waals surface area contributed by atoms with E-state index >= 15 is 0 Å². The minimum absolute atomic E-state index is 0.230. The second-order valence-electron chi connectivity index (χ2n) is 5.37. The maximum absolute atomic E-state index is 11.7. The normalized spacial score (nSPS) is 11.6. The number of hydrogen-bond donors (Lipinski definition) is 4. The first kappa shape index (κ1) is 20.7. The number of rotatable bonds is 14. The Kier molecular flexibility index (Phi) is 13.2. The van der Waals surface area contributed by atoms with E-state index in [0.29, 0.717) is 6.42 Å². The fourth-order valence-electron chi connectivity index (χ4n) is 1.97. The minimum Gasteiger partial charge on any atom is -0.394 e. The molecule has 5 nitrogen and oxygen atoms in total. The summed E-state index contributed by atoms with van der Waals surface area (Å²) in [5, 5.41) is 29.9. The van der Waals surface area contributed by atoms with Crippen LogP contribution >= 0.6 is 11.8 Å². The Morgan fingerprint density at radius 2 is 1.48 bits per heavy atom. The highest BCUT2D eigenvalue weighted by Gasteiger charge is 2.29. The maximum Gasteiger partial charge on any atom is 0.220 e. The molecule has 0 aromatic heterocycles. The Morgan fingerprint density at radius 3 is 2.00 bits per heavy atom. The first-order valence-electron chi connectivity index (χ1n) is 7.85. The monoisotopic (exact) mass is 321 g/mol. The molecule has 0 fully saturated rings. The lowest BCUT2D eigenvalue weighted by molar-refractivity contribution is -0.125. The largest absolute Gasteiger partial charge is 0.394 e. The number of carbonyl (C=O) groups is 1. The molecule has 0 unspecified atom stereocenters. The molecule has 0 aromatic carbocycles. The molecular weight excluding hydrogens is 290 g/mol. The highest BCUT2D eigenvalue weighted by atomic mass is 32.2. The first-order valence-corrected chi connectivity index (χ1v) is 9.01. The van der Waals surface area contributed by atoms with E-state index in [1.807, 2.05) is 11.8 Å². The molecule has 0 rings (SSSR count). The van der Waals surface area contributed by atoms with E-state index in [0.717, 1.165) is 19.3 Å². The lowest BCUT2D eigenvalue weighted by Gasteiger charge is -2.28. The molecule has 0 bridgehead atoms. The summed E-state index contributed by atoms with van der Waals surface area (Å²) >= 11 is 1.98. The smallest absolute Gasteiger partial charge is 0.220 e. The molecule has 0 aromatic rings. The zero-order chi connectivity index (χ0) is 16.0. The van der Waals surface area contributed by atoms with Crippen molar-refractivity contribution in [3.63, 3.8) is 0 Å². The quantitative estimate of drug-likeness (QED) is 0.362. The van der Waals surface area contributed by atoms with E-state index in [4.69, 9.17) is 15.3 Å². The van der Waals surface area contributed by atoms with Gasteiger partial charge < -0.3 is 20.6 Å². The van der Waals surface area contributed by atoms with Crippen molar-refractivity contribution < 1.29 is 20.1 Å². The molecule has 0 aliphatic rings. The molecule has 0 aliphatic carbocycles. The summed E-state index contributed by atoms with van der Waals surface area (Å²) in [5.41, 5.74) is -1.30. The summed E-state index contributed by atoms with van der Waals surface area (Å²) in [7, 11) is 0. The van der Waals surface area contributed by atoms with Crippen LogP contribution in [-0.4, -0.2) is 58.1 Å². The molecule has 0 heterocycles. The Bertz CT molecular complexity index is 252. The highest BCUT2D eigenvalue weighted by molar-refractivity contribution is 7.99. The Balaban J connectivity index is 3.58. The van der Waals surface area contributed by atoms with Crippen LogP contribution in [0.4, 0.5) is 0 Å². The van der Waals surface area contributed by atoms with Gasteiger partial charge in [-0.3, -0.25) is 4.79 Å². The summed E-state index contributed by atoms with van der Waals surface area (Å²) in [6, 6.07) is 0. The predicted octanol–water partition coefficient (Wildman–Crippen LogP) is 1.30. The number of aliphatic hydroxyl groups excluding tert-OH is 3. The molecule has 4 N–H and O–H groups in total. The summed E-state index contributed by atoms with van der Waals surface area (Å²) in [4.78, 5) is 11.7. The van der Waals surface area contributed by atoms with E-state index in [1.165, 1.54) is 30.8 Å². The topological polar surface area (TPSA) is 89.8 Å². The van der Waals surface area contributed by atoms with Crippen molar-refractivity contribution in [1.29, 1.82) is 0 Å². The van der Waals surface area contributed by atoms with Crippen molar-refractivity contribution in [2.24, 2.45) is 0 Å². The third-order valence-corrected chi connectivity index (χ3v) is 4.44. The van der Waals surface area contributed by atoms with Crippen molar-refractivity contribution >= 4 is 17.7 Å². The Hall–Kier alpha value is -0.300. The van der Waals surface area contributed by atoms with Gasteiger partial charge in [-0.2, -0.15) is 11.8 Å². The van der Waals surface area contributed by atoms with E-state index in [1.54, 1.807) is 0 Å². The second kappa shape index (κ2) is 13.4. The average molecular weight is 321 g/mol. The van der Waals surface area contributed by atoms with Crippen LogP contribution in [0, 0.1) is 0 Å². The van der Waals surface area contributed by atoms with Gasteiger partial charge >= 0.3 is 0 Å². The van der Waals surface area contributed by atoms with Gasteiger partial charge in [-0.15, -0.1) is 0 Å². The molecule has 0 aliphatic heterocycles. The number of nitrogens with one attached hydrogen (secondary N) is 1. The molecule has 1 amide bonds. The van der Waals surface area contributed by atoms with Crippen molar-refractivity contribution in [1.82, 2.24) is 5.32 Å². The number of aliphatic hydroxyl groups is 3. The van der Waals surface area contributed by atoms with E-state index in [2.05, 4.69) is 12.2 Å². The van der Waals surface area contributed by atoms with Crippen molar-refractivity contribution in [2.75, 3.05) is 31.3 Å². The van der Waals surface area contributed by atoms with Gasteiger partial charge in [0.1, 0.15) is 5.54 Å². The SMILES string of the molecule is CCSCCCCCCCCC(=O)NC(CO)(CO)CO. The lowest BCUT2D eigenvalue weighted by atomic mass is 10.0. The fraction of sp³-hybridized carbons (Fsp3) is 0.933. The lowest BCUT2D eigenvalue weighted by Crippen LogP contribution is -2.57. The van der Waals surface area contributed by atoms with Crippen LogP contribution in [0.1, 0.15) is 51.9 Å². The summed E-state index contributed by atoms with van der Waals surface area (Å²) in [6.07, 6.45) is 7.04. The fourth-order valence-corrected chi connectivity index (χ4v) is 2.66. The molecule has 0 spiro atoms. The van der Waals surface area contributed by atoms with Gasteiger partial charge in [0.15, 0.2) is 0 Å². The molecule has 6 heteroatoms. The third kappa shape index (κ3) is 10.1. The summed E-state index contributed by atoms with van der Waals surface area (Å²) < 4.78 is 0. The van der Waals surface area contributed by atoms with Gasteiger partial charge in [0.25, 0.3) is 0 Å². The van der Waals surface area contributed by atoms with Gasteiger partial charge in [0, 0.05) is 6.42 Å². The van der Waals surface area contributed by atoms with E-state index in [-0.39, 0.29) is 5.91 Å². The summed E-state index contributed by atoms with van der Waals surface area (Å²) in [6.45, 7) is 0.763. The van der Waals surface area contributed by atoms with Crippen LogP contribution in [0.25, 0.3) is 0 Å². The van der Waals surface area contributed by atoms with Crippen molar-refractivity contribution in [2.45, 2.75) is 57.4 Å². The number of hydrogen-bond acceptors (Lipinski definition) is 5. The molecule has 126 valence electrons. The number of carbonyl (C=O) groups excluding carboxylic acids is 1. The number of unbranched alkanes of at least 4 members (excludes halogenated alkanes) is 5.